The van der Waals surface area contributed by atoms with Crippen molar-refractivity contribution in [1.29, 1.82) is 5.26 Å². The van der Waals surface area contributed by atoms with Crippen LogP contribution in [0.3, 0.4) is 0 Å². The molecule has 0 spiro atoms. The molecule has 3 aromatic rings. The van der Waals surface area contributed by atoms with Crippen molar-refractivity contribution in [3.8, 4) is 17.3 Å². The fraction of sp³-hybridized carbons (Fsp3) is 0.400. The number of aliphatic carboxylic acids is 1. The van der Waals surface area contributed by atoms with Crippen LogP contribution in [0.25, 0.3) is 16.9 Å². The van der Waals surface area contributed by atoms with Crippen molar-refractivity contribution >= 4 is 27.5 Å². The highest BCUT2D eigenvalue weighted by Gasteiger charge is 2.62. The summed E-state index contributed by atoms with van der Waals surface area (Å²) in [6.07, 6.45) is 1.67. The number of carboxylic acids is 1. The lowest BCUT2D eigenvalue weighted by Crippen LogP contribution is -2.55. The maximum Gasteiger partial charge on any atom is 0.490 e. The average molecular weight is 524 g/mol. The summed E-state index contributed by atoms with van der Waals surface area (Å²) in [6.45, 7) is 1.78. The lowest BCUT2D eigenvalue weighted by molar-refractivity contribution is -0.192. The fourth-order valence-corrected chi connectivity index (χ4v) is 6.02. The summed E-state index contributed by atoms with van der Waals surface area (Å²) >= 11 is 0. The number of nitriles is 1. The third kappa shape index (κ3) is 4.42. The zero-order chi connectivity index (χ0) is 26.5. The van der Waals surface area contributed by atoms with Gasteiger partial charge in [-0.15, -0.1) is 0 Å². The first-order chi connectivity index (χ1) is 16.7. The Bertz CT molecular complexity index is 1510. The Morgan fingerprint density at radius 3 is 2.50 bits per heavy atom. The van der Waals surface area contributed by atoms with E-state index in [1.165, 1.54) is 17.0 Å². The monoisotopic (exact) mass is 524 g/mol. The first-order valence-corrected chi connectivity index (χ1v) is 11.9. The molecule has 3 fully saturated rings. The second-order valence-electron chi connectivity index (χ2n) is 8.76. The van der Waals surface area contributed by atoms with Gasteiger partial charge in [-0.3, -0.25) is 4.98 Å². The number of hydrogen-bond acceptors (Lipinski definition) is 9. The minimum Gasteiger partial charge on any atom is -0.475 e. The molecule has 3 aliphatic rings. The van der Waals surface area contributed by atoms with Crippen LogP contribution in [0, 0.1) is 23.7 Å². The molecule has 0 amide bonds. The van der Waals surface area contributed by atoms with Crippen LogP contribution in [-0.4, -0.2) is 55.8 Å². The Morgan fingerprint density at radius 1 is 1.25 bits per heavy atom. The first kappa shape index (κ1) is 25.3. The lowest BCUT2D eigenvalue weighted by atomic mass is 9.66. The Hall–Kier alpha value is -3.84. The highest BCUT2D eigenvalue weighted by Crippen LogP contribution is 2.61. The maximum atomic E-state index is 13.1. The number of nitrogens with two attached hydrogens (primary N) is 1. The standard InChI is InChI=1S/C18H18N8O2S.C2HF3O2/c1-11-13(14-6-22-16-15(20)23-10-24-26(14)16)4-12(5-21-11)29(27,28)25-18-3-2-17(7-18,8-18)9-19;3-2(4,5)1(6)7/h4-6,10,25H,2-3,7-8H2,1H3,(H2,20,23,24);(H,6,7). The van der Waals surface area contributed by atoms with Gasteiger partial charge in [-0.1, -0.05) is 0 Å². The first-order valence-electron chi connectivity index (χ1n) is 10.4. The number of nitrogen functional groups attached to an aromatic ring is 1. The molecule has 0 saturated heterocycles. The summed E-state index contributed by atoms with van der Waals surface area (Å²) < 4.78 is 62.2. The minimum absolute atomic E-state index is 0.0609. The smallest absolute Gasteiger partial charge is 0.475 e. The summed E-state index contributed by atoms with van der Waals surface area (Å²) in [4.78, 5) is 21.4. The van der Waals surface area contributed by atoms with Gasteiger partial charge in [0.2, 0.25) is 10.0 Å². The van der Waals surface area contributed by atoms with Crippen molar-refractivity contribution in [2.45, 2.75) is 49.2 Å². The molecule has 0 atom stereocenters. The predicted molar refractivity (Wildman–Crippen MR) is 116 cm³/mol. The zero-order valence-electron chi connectivity index (χ0n) is 18.6. The number of halogens is 3. The van der Waals surface area contributed by atoms with Crippen molar-refractivity contribution < 1.29 is 31.5 Å². The summed E-state index contributed by atoms with van der Waals surface area (Å²) in [6, 6.07) is 3.90. The molecule has 6 rings (SSSR count). The number of carbonyl (C=O) groups is 1. The summed E-state index contributed by atoms with van der Waals surface area (Å²) in [7, 11) is -3.80. The van der Waals surface area contributed by atoms with E-state index < -0.39 is 27.7 Å². The van der Waals surface area contributed by atoms with Gasteiger partial charge in [-0.2, -0.15) is 23.5 Å². The van der Waals surface area contributed by atoms with Gasteiger partial charge < -0.3 is 10.8 Å². The number of aromatic nitrogens is 5. The van der Waals surface area contributed by atoms with Crippen LogP contribution >= 0.6 is 0 Å². The molecule has 0 aromatic carbocycles. The maximum absolute atomic E-state index is 13.1. The van der Waals surface area contributed by atoms with Crippen LogP contribution in [0.4, 0.5) is 19.0 Å². The molecule has 36 heavy (non-hydrogen) atoms. The van der Waals surface area contributed by atoms with Crippen molar-refractivity contribution in [2.75, 3.05) is 5.73 Å². The quantitative estimate of drug-likeness (QED) is 0.454. The van der Waals surface area contributed by atoms with Crippen LogP contribution in [0.5, 0.6) is 0 Å². The van der Waals surface area contributed by atoms with E-state index in [1.54, 1.807) is 19.2 Å². The highest BCUT2D eigenvalue weighted by atomic mass is 32.2. The van der Waals surface area contributed by atoms with Gasteiger partial charge in [-0.05, 0) is 38.7 Å². The number of nitrogens with one attached hydrogen (secondary N) is 1. The molecule has 3 aliphatic carbocycles. The number of hydrogen-bond donors (Lipinski definition) is 3. The van der Waals surface area contributed by atoms with Crippen LogP contribution in [0.15, 0.2) is 29.7 Å². The van der Waals surface area contributed by atoms with E-state index in [4.69, 9.17) is 15.6 Å². The fourth-order valence-electron chi connectivity index (χ4n) is 4.62. The van der Waals surface area contributed by atoms with E-state index >= 15 is 0 Å². The van der Waals surface area contributed by atoms with E-state index in [2.05, 4.69) is 30.8 Å². The number of anilines is 1. The third-order valence-electron chi connectivity index (χ3n) is 6.25. The van der Waals surface area contributed by atoms with Crippen LogP contribution in [0.2, 0.25) is 0 Å². The SMILES string of the molecule is Cc1ncc(S(=O)(=O)NC23CCC(C#N)(C2)C3)cc1-c1cnc2c(N)ncnn12.O=C(O)C(F)(F)F. The van der Waals surface area contributed by atoms with Gasteiger partial charge >= 0.3 is 12.1 Å². The number of nitrogens with zero attached hydrogens (tertiary/aromatic N) is 6. The zero-order valence-corrected chi connectivity index (χ0v) is 19.4. The van der Waals surface area contributed by atoms with E-state index in [0.717, 1.165) is 6.42 Å². The van der Waals surface area contributed by atoms with Gasteiger partial charge in [0.15, 0.2) is 11.5 Å². The molecule has 3 saturated carbocycles. The Labute approximate surface area is 202 Å². The van der Waals surface area contributed by atoms with Crippen LogP contribution in [-0.2, 0) is 14.8 Å². The lowest BCUT2D eigenvalue weighted by Gasteiger charge is -2.43. The average Bonchev–Trinajstić information content (AvgIpc) is 3.45. The number of carboxylic acid groups (broad SMARTS) is 1. The molecule has 0 unspecified atom stereocenters. The van der Waals surface area contributed by atoms with Crippen LogP contribution in [0.1, 0.15) is 31.4 Å². The molecular weight excluding hydrogens is 505 g/mol. The van der Waals surface area contributed by atoms with E-state index in [9.17, 15) is 26.9 Å². The second kappa shape index (κ2) is 8.38. The number of sulfonamides is 1. The minimum atomic E-state index is -5.08. The molecule has 16 heteroatoms. The molecule has 3 heterocycles. The topological polar surface area (TPSA) is 189 Å². The second-order valence-corrected chi connectivity index (χ2v) is 10.4. The van der Waals surface area contributed by atoms with E-state index in [0.29, 0.717) is 41.9 Å². The molecule has 0 radical (unpaired) electrons. The van der Waals surface area contributed by atoms with Gasteiger partial charge in [0.05, 0.1) is 23.4 Å². The normalized spacial score (nSPS) is 22.9. The van der Waals surface area contributed by atoms with Crippen molar-refractivity contribution in [1.82, 2.24) is 29.3 Å². The molecule has 4 N–H and O–H groups in total. The molecule has 12 nitrogen and oxygen atoms in total. The predicted octanol–water partition coefficient (Wildman–Crippen LogP) is 1.82. The van der Waals surface area contributed by atoms with Gasteiger partial charge in [0.1, 0.15) is 11.2 Å². The van der Waals surface area contributed by atoms with Crippen molar-refractivity contribution in [3.05, 3.63) is 30.5 Å². The van der Waals surface area contributed by atoms with Crippen LogP contribution < -0.4 is 10.5 Å². The number of aryl methyl sites for hydroxylation is 1. The number of fused-ring (bicyclic) bond motifs is 2. The molecule has 0 aliphatic heterocycles. The van der Waals surface area contributed by atoms with E-state index in [-0.39, 0.29) is 16.1 Å². The summed E-state index contributed by atoms with van der Waals surface area (Å²) in [5.74, 6) is -2.53. The van der Waals surface area contributed by atoms with Gasteiger partial charge in [0, 0.05) is 23.0 Å². The number of pyridine rings is 1. The van der Waals surface area contributed by atoms with Crippen molar-refractivity contribution in [2.24, 2.45) is 5.41 Å². The molecule has 2 bridgehead atoms. The Kier molecular flexibility index (Phi) is 5.88. The Balaban J connectivity index is 0.000000384. The summed E-state index contributed by atoms with van der Waals surface area (Å²) in [5, 5.41) is 20.6. The molecular formula is C20H19F3N8O4S. The largest absolute Gasteiger partial charge is 0.490 e. The van der Waals surface area contributed by atoms with Crippen molar-refractivity contribution in [3.63, 3.8) is 0 Å². The van der Waals surface area contributed by atoms with E-state index in [1.807, 2.05) is 0 Å². The number of imidazole rings is 1. The van der Waals surface area contributed by atoms with Gasteiger partial charge in [0.25, 0.3) is 0 Å². The highest BCUT2D eigenvalue weighted by molar-refractivity contribution is 7.89. The third-order valence-corrected chi connectivity index (χ3v) is 7.79. The number of alkyl halides is 3. The molecule has 3 aromatic heterocycles. The summed E-state index contributed by atoms with van der Waals surface area (Å²) in [5.41, 5.74) is 7.13. The molecule has 190 valence electrons. The van der Waals surface area contributed by atoms with Gasteiger partial charge in [-0.25, -0.2) is 32.4 Å². The number of rotatable bonds is 4. The Morgan fingerprint density at radius 2 is 1.92 bits per heavy atom.